The largest absolute Gasteiger partial charge is 0.361 e. The first kappa shape index (κ1) is 24.1. The van der Waals surface area contributed by atoms with Crippen LogP contribution in [0.2, 0.25) is 0 Å². The van der Waals surface area contributed by atoms with E-state index in [1.165, 1.54) is 12.8 Å². The minimum Gasteiger partial charge on any atom is -0.313 e. The van der Waals surface area contributed by atoms with Gasteiger partial charge in [0, 0.05) is 30.4 Å². The maximum Gasteiger partial charge on any atom is 0.361 e. The van der Waals surface area contributed by atoms with Crippen LogP contribution in [0.25, 0.3) is 0 Å². The minimum atomic E-state index is -3.34. The van der Waals surface area contributed by atoms with E-state index >= 15 is 0 Å². The molecule has 1 aromatic heterocycles. The number of benzene rings is 1. The summed E-state index contributed by atoms with van der Waals surface area (Å²) >= 11 is 0. The molecule has 1 aliphatic rings. The molecular formula is C25H37N2O3P. The third-order valence-electron chi connectivity index (χ3n) is 5.89. The summed E-state index contributed by atoms with van der Waals surface area (Å²) in [5.41, 5.74) is 1.16. The van der Waals surface area contributed by atoms with E-state index in [9.17, 15) is 4.57 Å². The number of rotatable bonds is 12. The van der Waals surface area contributed by atoms with Crippen molar-refractivity contribution in [3.63, 3.8) is 0 Å². The number of nitrogens with one attached hydrogen (secondary N) is 1. The average molecular weight is 445 g/mol. The van der Waals surface area contributed by atoms with Gasteiger partial charge in [-0.05, 0) is 56.9 Å². The molecule has 6 heteroatoms. The number of nitrogens with zero attached hydrogens (tertiary/aromatic N) is 1. The molecule has 5 nitrogen and oxygen atoms in total. The normalized spacial score (nSPS) is 22.0. The summed E-state index contributed by atoms with van der Waals surface area (Å²) in [4.78, 5) is 4.50. The van der Waals surface area contributed by atoms with Crippen LogP contribution in [0.5, 0.6) is 0 Å². The Bertz CT molecular complexity index is 795. The predicted octanol–water partition coefficient (Wildman–Crippen LogP) is 5.83. The molecule has 2 heterocycles. The molecule has 0 radical (unpaired) electrons. The lowest BCUT2D eigenvalue weighted by Crippen LogP contribution is -2.40. The Hall–Kier alpha value is -1.52. The molecule has 1 aromatic carbocycles. The zero-order valence-corrected chi connectivity index (χ0v) is 19.8. The second-order valence-corrected chi connectivity index (χ2v) is 10.5. The van der Waals surface area contributed by atoms with Gasteiger partial charge in [-0.1, -0.05) is 50.5 Å². The van der Waals surface area contributed by atoms with Crippen molar-refractivity contribution in [2.24, 2.45) is 0 Å². The molecule has 0 bridgehead atoms. The van der Waals surface area contributed by atoms with E-state index < -0.39 is 7.60 Å². The van der Waals surface area contributed by atoms with Crippen LogP contribution in [0, 0.1) is 0 Å². The van der Waals surface area contributed by atoms with E-state index in [1.807, 2.05) is 55.6 Å². The van der Waals surface area contributed by atoms with Crippen LogP contribution >= 0.6 is 7.60 Å². The van der Waals surface area contributed by atoms with Crippen LogP contribution in [0.1, 0.15) is 70.4 Å². The van der Waals surface area contributed by atoms with Gasteiger partial charge in [0.05, 0.1) is 18.0 Å². The molecule has 0 amide bonds. The van der Waals surface area contributed by atoms with Gasteiger partial charge in [0.1, 0.15) is 0 Å². The van der Waals surface area contributed by atoms with E-state index in [2.05, 4.69) is 23.3 Å². The van der Waals surface area contributed by atoms with Gasteiger partial charge < -0.3 is 14.4 Å². The van der Waals surface area contributed by atoms with Gasteiger partial charge in [-0.2, -0.15) is 0 Å². The highest BCUT2D eigenvalue weighted by molar-refractivity contribution is 7.62. The van der Waals surface area contributed by atoms with Crippen LogP contribution in [-0.4, -0.2) is 30.3 Å². The fourth-order valence-electron chi connectivity index (χ4n) is 4.16. The molecular weight excluding hydrogens is 407 g/mol. The summed E-state index contributed by atoms with van der Waals surface area (Å²) < 4.78 is 25.7. The molecule has 4 atom stereocenters. The Morgan fingerprint density at radius 3 is 2.58 bits per heavy atom. The lowest BCUT2D eigenvalue weighted by molar-refractivity contribution is 0.142. The van der Waals surface area contributed by atoms with Crippen molar-refractivity contribution in [2.75, 3.05) is 13.2 Å². The predicted molar refractivity (Wildman–Crippen MR) is 127 cm³/mol. The van der Waals surface area contributed by atoms with Crippen LogP contribution in [0.15, 0.2) is 54.7 Å². The fourth-order valence-corrected chi connectivity index (χ4v) is 5.96. The Kier molecular flexibility index (Phi) is 9.73. The van der Waals surface area contributed by atoms with E-state index in [-0.39, 0.29) is 6.10 Å². The van der Waals surface area contributed by atoms with Gasteiger partial charge in [0.25, 0.3) is 0 Å². The molecule has 31 heavy (non-hydrogen) atoms. The van der Waals surface area contributed by atoms with E-state index in [0.717, 1.165) is 44.3 Å². The summed E-state index contributed by atoms with van der Waals surface area (Å²) in [6.45, 7) is 5.56. The zero-order chi connectivity index (χ0) is 21.9. The molecule has 1 fully saturated rings. The number of hydrogen-bond donors (Lipinski definition) is 1. The first-order valence-electron chi connectivity index (χ1n) is 11.7. The van der Waals surface area contributed by atoms with Crippen molar-refractivity contribution in [2.45, 2.75) is 76.9 Å². The van der Waals surface area contributed by atoms with Crippen molar-refractivity contribution in [3.8, 4) is 0 Å². The first-order valence-corrected chi connectivity index (χ1v) is 13.3. The molecule has 1 aliphatic heterocycles. The summed E-state index contributed by atoms with van der Waals surface area (Å²) in [6, 6.07) is 15.8. The molecule has 2 aromatic rings. The second kappa shape index (κ2) is 12.5. The molecule has 4 unspecified atom stereocenters. The number of aromatic nitrogens is 1. The Balaban J connectivity index is 1.53. The highest BCUT2D eigenvalue weighted by Gasteiger charge is 2.31. The molecule has 1 saturated heterocycles. The molecule has 3 rings (SSSR count). The number of pyridine rings is 1. The molecule has 0 aliphatic carbocycles. The maximum absolute atomic E-state index is 13.7. The Morgan fingerprint density at radius 2 is 1.90 bits per heavy atom. The van der Waals surface area contributed by atoms with Gasteiger partial charge in [-0.3, -0.25) is 9.55 Å². The van der Waals surface area contributed by atoms with Crippen LogP contribution in [-0.2, 0) is 13.6 Å². The van der Waals surface area contributed by atoms with Crippen LogP contribution < -0.4 is 10.6 Å². The Morgan fingerprint density at radius 1 is 1.10 bits per heavy atom. The lowest BCUT2D eigenvalue weighted by atomic mass is 9.90. The number of piperidine rings is 1. The van der Waals surface area contributed by atoms with E-state index in [0.29, 0.717) is 23.9 Å². The summed E-state index contributed by atoms with van der Waals surface area (Å²) in [7, 11) is -3.34. The van der Waals surface area contributed by atoms with Crippen LogP contribution in [0.3, 0.4) is 0 Å². The van der Waals surface area contributed by atoms with Crippen LogP contribution in [0.4, 0.5) is 0 Å². The summed E-state index contributed by atoms with van der Waals surface area (Å²) in [6.07, 6.45) is 9.00. The monoisotopic (exact) mass is 444 g/mol. The molecule has 0 saturated carbocycles. The third kappa shape index (κ3) is 7.54. The lowest BCUT2D eigenvalue weighted by Gasteiger charge is -2.32. The zero-order valence-electron chi connectivity index (χ0n) is 18.9. The fraction of sp³-hybridized carbons (Fsp3) is 0.560. The van der Waals surface area contributed by atoms with E-state index in [1.54, 1.807) is 0 Å². The molecule has 0 spiro atoms. The van der Waals surface area contributed by atoms with Gasteiger partial charge >= 0.3 is 7.60 Å². The van der Waals surface area contributed by atoms with Crippen molar-refractivity contribution in [1.82, 2.24) is 10.3 Å². The standard InChI is InChI=1S/C25H37N2O3P/c1-3-4-5-11-18-29-31(28,24-12-7-6-8-13-24)30-21(2)19-23-16-15-22(20-27-23)25-14-9-10-17-26-25/h6-10,12-14,17,21-23,27H,3-5,11,15-16,18-20H2,1-2H3. The van der Waals surface area contributed by atoms with Gasteiger partial charge in [-0.25, -0.2) is 0 Å². The summed E-state index contributed by atoms with van der Waals surface area (Å²) in [5.74, 6) is 0.454. The first-order chi connectivity index (χ1) is 15.1. The smallest absolute Gasteiger partial charge is 0.313 e. The summed E-state index contributed by atoms with van der Waals surface area (Å²) in [5, 5.41) is 4.28. The third-order valence-corrected chi connectivity index (χ3v) is 7.98. The van der Waals surface area contributed by atoms with E-state index in [4.69, 9.17) is 9.05 Å². The second-order valence-electron chi connectivity index (χ2n) is 8.51. The van der Waals surface area contributed by atoms with Crippen molar-refractivity contribution in [3.05, 3.63) is 60.4 Å². The number of hydrogen-bond acceptors (Lipinski definition) is 5. The number of unbranched alkanes of at least 4 members (excludes halogenated alkanes) is 3. The maximum atomic E-state index is 13.7. The van der Waals surface area contributed by atoms with Gasteiger partial charge in [-0.15, -0.1) is 0 Å². The molecule has 1 N–H and O–H groups in total. The van der Waals surface area contributed by atoms with Crippen molar-refractivity contribution in [1.29, 1.82) is 0 Å². The van der Waals surface area contributed by atoms with Crippen molar-refractivity contribution < 1.29 is 13.6 Å². The highest BCUT2D eigenvalue weighted by atomic mass is 31.2. The van der Waals surface area contributed by atoms with Gasteiger partial charge in [0.2, 0.25) is 0 Å². The molecule has 170 valence electrons. The highest BCUT2D eigenvalue weighted by Crippen LogP contribution is 2.49. The quantitative estimate of drug-likeness (QED) is 0.330. The Labute approximate surface area is 187 Å². The minimum absolute atomic E-state index is 0.161. The SMILES string of the molecule is CCCCCCOP(=O)(OC(C)CC1CCC(c2ccccn2)CN1)c1ccccc1. The average Bonchev–Trinajstić information content (AvgIpc) is 2.80. The van der Waals surface area contributed by atoms with Gasteiger partial charge in [0.15, 0.2) is 0 Å². The topological polar surface area (TPSA) is 60.5 Å². The van der Waals surface area contributed by atoms with Crippen molar-refractivity contribution >= 4 is 12.9 Å².